The number of imidazole rings is 1. The standard InChI is InChI=1S/C14H21N5O2/c1-10(2)12(15)14-18-11(8-21-14)13(20)17-4-3-6-19-7-5-16-9-19/h5,7-10,12H,3-4,6,15H2,1-2H3,(H,17,20). The van der Waals surface area contributed by atoms with Gasteiger partial charge in [-0.1, -0.05) is 13.8 Å². The van der Waals surface area contributed by atoms with Crippen LogP contribution in [0.2, 0.25) is 0 Å². The molecule has 2 heterocycles. The average molecular weight is 291 g/mol. The lowest BCUT2D eigenvalue weighted by molar-refractivity contribution is 0.0947. The molecule has 0 saturated heterocycles. The lowest BCUT2D eigenvalue weighted by Gasteiger charge is -2.10. The lowest BCUT2D eigenvalue weighted by atomic mass is 10.1. The maximum atomic E-state index is 11.9. The molecule has 21 heavy (non-hydrogen) atoms. The molecule has 2 rings (SSSR count). The second kappa shape index (κ2) is 7.03. The Labute approximate surface area is 123 Å². The van der Waals surface area contributed by atoms with Gasteiger partial charge in [0.1, 0.15) is 6.26 Å². The van der Waals surface area contributed by atoms with Crippen molar-refractivity contribution in [3.8, 4) is 0 Å². The summed E-state index contributed by atoms with van der Waals surface area (Å²) in [7, 11) is 0. The molecule has 1 amide bonds. The number of hydrogen-bond acceptors (Lipinski definition) is 5. The van der Waals surface area contributed by atoms with Crippen molar-refractivity contribution in [2.45, 2.75) is 32.9 Å². The van der Waals surface area contributed by atoms with E-state index in [0.29, 0.717) is 12.4 Å². The number of amides is 1. The SMILES string of the molecule is CC(C)C(N)c1nc(C(=O)NCCCn2ccnc2)co1. The van der Waals surface area contributed by atoms with E-state index in [2.05, 4.69) is 15.3 Å². The first-order valence-electron chi connectivity index (χ1n) is 7.03. The van der Waals surface area contributed by atoms with E-state index in [1.54, 1.807) is 12.5 Å². The van der Waals surface area contributed by atoms with Crippen LogP contribution in [0, 0.1) is 5.92 Å². The van der Waals surface area contributed by atoms with Crippen molar-refractivity contribution in [3.05, 3.63) is 36.6 Å². The fourth-order valence-corrected chi connectivity index (χ4v) is 1.80. The predicted molar refractivity (Wildman–Crippen MR) is 77.4 cm³/mol. The average Bonchev–Trinajstić information content (AvgIpc) is 3.13. The van der Waals surface area contributed by atoms with Gasteiger partial charge in [0.15, 0.2) is 5.69 Å². The quantitative estimate of drug-likeness (QED) is 0.750. The number of aryl methyl sites for hydroxylation is 1. The van der Waals surface area contributed by atoms with Crippen LogP contribution >= 0.6 is 0 Å². The van der Waals surface area contributed by atoms with E-state index >= 15 is 0 Å². The monoisotopic (exact) mass is 291 g/mol. The van der Waals surface area contributed by atoms with Crippen LogP contribution in [-0.4, -0.2) is 27.0 Å². The van der Waals surface area contributed by atoms with E-state index in [1.807, 2.05) is 24.6 Å². The number of aromatic nitrogens is 3. The number of oxazole rings is 1. The van der Waals surface area contributed by atoms with Crippen LogP contribution in [0.5, 0.6) is 0 Å². The van der Waals surface area contributed by atoms with Crippen molar-refractivity contribution in [3.63, 3.8) is 0 Å². The fraction of sp³-hybridized carbons (Fsp3) is 0.500. The zero-order valence-corrected chi connectivity index (χ0v) is 12.3. The van der Waals surface area contributed by atoms with E-state index in [0.717, 1.165) is 13.0 Å². The lowest BCUT2D eigenvalue weighted by Crippen LogP contribution is -2.26. The topological polar surface area (TPSA) is 99.0 Å². The Morgan fingerprint density at radius 2 is 2.33 bits per heavy atom. The van der Waals surface area contributed by atoms with Gasteiger partial charge in [0.05, 0.1) is 12.4 Å². The van der Waals surface area contributed by atoms with Gasteiger partial charge in [-0.05, 0) is 12.3 Å². The van der Waals surface area contributed by atoms with Crippen molar-refractivity contribution in [1.29, 1.82) is 0 Å². The molecule has 114 valence electrons. The maximum absolute atomic E-state index is 11.9. The molecule has 0 bridgehead atoms. The summed E-state index contributed by atoms with van der Waals surface area (Å²) in [6, 6.07) is -0.298. The van der Waals surface area contributed by atoms with Gasteiger partial charge in [0.25, 0.3) is 5.91 Å². The normalized spacial score (nSPS) is 12.6. The number of hydrogen-bond donors (Lipinski definition) is 2. The summed E-state index contributed by atoms with van der Waals surface area (Å²) in [6.07, 6.45) is 7.53. The minimum atomic E-state index is -0.298. The highest BCUT2D eigenvalue weighted by atomic mass is 16.3. The third-order valence-electron chi connectivity index (χ3n) is 3.20. The molecule has 0 aromatic carbocycles. The van der Waals surface area contributed by atoms with Crippen molar-refractivity contribution in [2.24, 2.45) is 11.7 Å². The van der Waals surface area contributed by atoms with Gasteiger partial charge in [-0.25, -0.2) is 9.97 Å². The van der Waals surface area contributed by atoms with Crippen LogP contribution in [0.4, 0.5) is 0 Å². The van der Waals surface area contributed by atoms with Gasteiger partial charge < -0.3 is 20.0 Å². The molecule has 0 aliphatic heterocycles. The molecule has 1 atom stereocenters. The highest BCUT2D eigenvalue weighted by Crippen LogP contribution is 2.17. The molecule has 0 spiro atoms. The first kappa shape index (κ1) is 15.2. The summed E-state index contributed by atoms with van der Waals surface area (Å²) >= 11 is 0. The number of carbonyl (C=O) groups is 1. The van der Waals surface area contributed by atoms with Crippen LogP contribution in [-0.2, 0) is 6.54 Å². The molecular weight excluding hydrogens is 270 g/mol. The van der Waals surface area contributed by atoms with E-state index in [9.17, 15) is 4.79 Å². The number of rotatable bonds is 7. The Bertz CT molecular complexity index is 562. The summed E-state index contributed by atoms with van der Waals surface area (Å²) in [5.74, 6) is 0.356. The molecule has 0 radical (unpaired) electrons. The Morgan fingerprint density at radius 3 is 3.00 bits per heavy atom. The number of nitrogens with two attached hydrogens (primary N) is 1. The zero-order valence-electron chi connectivity index (χ0n) is 12.3. The summed E-state index contributed by atoms with van der Waals surface area (Å²) in [4.78, 5) is 20.0. The molecule has 0 fully saturated rings. The predicted octanol–water partition coefficient (Wildman–Crippen LogP) is 1.35. The third-order valence-corrected chi connectivity index (χ3v) is 3.20. The molecule has 2 aromatic heterocycles. The zero-order chi connectivity index (χ0) is 15.2. The van der Waals surface area contributed by atoms with Crippen molar-refractivity contribution < 1.29 is 9.21 Å². The van der Waals surface area contributed by atoms with E-state index in [4.69, 9.17) is 10.2 Å². The van der Waals surface area contributed by atoms with Gasteiger partial charge in [0.2, 0.25) is 5.89 Å². The fourth-order valence-electron chi connectivity index (χ4n) is 1.80. The third kappa shape index (κ3) is 4.16. The Hall–Kier alpha value is -2.15. The molecule has 3 N–H and O–H groups in total. The van der Waals surface area contributed by atoms with Gasteiger partial charge in [-0.2, -0.15) is 0 Å². The molecule has 0 aliphatic rings. The van der Waals surface area contributed by atoms with Gasteiger partial charge in [0, 0.05) is 25.5 Å². The van der Waals surface area contributed by atoms with Gasteiger partial charge in [-0.15, -0.1) is 0 Å². The summed E-state index contributed by atoms with van der Waals surface area (Å²) < 4.78 is 7.23. The molecule has 2 aromatic rings. The largest absolute Gasteiger partial charge is 0.446 e. The van der Waals surface area contributed by atoms with Crippen LogP contribution in [0.15, 0.2) is 29.4 Å². The molecular formula is C14H21N5O2. The molecule has 7 heteroatoms. The van der Waals surface area contributed by atoms with E-state index in [1.165, 1.54) is 6.26 Å². The summed E-state index contributed by atoms with van der Waals surface area (Å²) in [5.41, 5.74) is 6.20. The Balaban J connectivity index is 1.78. The van der Waals surface area contributed by atoms with Crippen LogP contribution < -0.4 is 11.1 Å². The van der Waals surface area contributed by atoms with Crippen LogP contribution in [0.3, 0.4) is 0 Å². The Kier molecular flexibility index (Phi) is 5.10. The molecule has 7 nitrogen and oxygen atoms in total. The molecule has 0 aliphatic carbocycles. The highest BCUT2D eigenvalue weighted by molar-refractivity contribution is 5.91. The van der Waals surface area contributed by atoms with Crippen molar-refractivity contribution in [2.75, 3.05) is 6.54 Å². The Morgan fingerprint density at radius 1 is 1.52 bits per heavy atom. The molecule has 1 unspecified atom stereocenters. The summed E-state index contributed by atoms with van der Waals surface area (Å²) in [6.45, 7) is 5.33. The van der Waals surface area contributed by atoms with Crippen molar-refractivity contribution in [1.82, 2.24) is 19.9 Å². The van der Waals surface area contributed by atoms with E-state index in [-0.39, 0.29) is 23.6 Å². The number of nitrogens with one attached hydrogen (secondary N) is 1. The van der Waals surface area contributed by atoms with Crippen molar-refractivity contribution >= 4 is 5.91 Å². The first-order chi connectivity index (χ1) is 10.1. The second-order valence-corrected chi connectivity index (χ2v) is 5.25. The smallest absolute Gasteiger partial charge is 0.273 e. The maximum Gasteiger partial charge on any atom is 0.273 e. The molecule has 0 saturated carbocycles. The summed E-state index contributed by atoms with van der Waals surface area (Å²) in [5, 5.41) is 2.81. The highest BCUT2D eigenvalue weighted by Gasteiger charge is 2.19. The van der Waals surface area contributed by atoms with E-state index < -0.39 is 0 Å². The number of nitrogens with zero attached hydrogens (tertiary/aromatic N) is 3. The van der Waals surface area contributed by atoms with Gasteiger partial charge >= 0.3 is 0 Å². The number of carbonyl (C=O) groups excluding carboxylic acids is 1. The van der Waals surface area contributed by atoms with Crippen LogP contribution in [0.1, 0.15) is 42.7 Å². The minimum absolute atomic E-state index is 0.203. The van der Waals surface area contributed by atoms with Crippen LogP contribution in [0.25, 0.3) is 0 Å². The minimum Gasteiger partial charge on any atom is -0.446 e. The second-order valence-electron chi connectivity index (χ2n) is 5.25. The first-order valence-corrected chi connectivity index (χ1v) is 7.03. The van der Waals surface area contributed by atoms with Gasteiger partial charge in [-0.3, -0.25) is 4.79 Å².